The fourth-order valence-corrected chi connectivity index (χ4v) is 2.95. The number of phenolic OH excluding ortho intramolecular Hbond substituents is 1. The molecule has 2 aromatic heterocycles. The molecule has 1 aliphatic heterocycles. The Hall–Kier alpha value is -2.47. The van der Waals surface area contributed by atoms with Gasteiger partial charge in [0.05, 0.1) is 18.2 Å². The molecule has 6 heteroatoms. The van der Waals surface area contributed by atoms with E-state index in [4.69, 9.17) is 9.72 Å². The van der Waals surface area contributed by atoms with E-state index in [0.717, 1.165) is 49.5 Å². The van der Waals surface area contributed by atoms with Crippen LogP contribution in [0.1, 0.15) is 12.8 Å². The van der Waals surface area contributed by atoms with E-state index in [1.54, 1.807) is 18.3 Å². The number of ether oxygens (including phenoxy) is 1. The second-order valence-electron chi connectivity index (χ2n) is 5.90. The number of phenols is 1. The van der Waals surface area contributed by atoms with Gasteiger partial charge in [0.25, 0.3) is 0 Å². The molecule has 3 aromatic rings. The third-order valence-electron chi connectivity index (χ3n) is 4.29. The van der Waals surface area contributed by atoms with Crippen LogP contribution in [0.3, 0.4) is 0 Å². The zero-order chi connectivity index (χ0) is 15.6. The van der Waals surface area contributed by atoms with Gasteiger partial charge >= 0.3 is 0 Å². The number of hydrogen-bond donors (Lipinski definition) is 1. The lowest BCUT2D eigenvalue weighted by atomic mass is 10.0. The van der Waals surface area contributed by atoms with Gasteiger partial charge in [0.1, 0.15) is 5.75 Å². The van der Waals surface area contributed by atoms with Gasteiger partial charge in [-0.1, -0.05) is 0 Å². The summed E-state index contributed by atoms with van der Waals surface area (Å²) in [6.45, 7) is 2.57. The number of benzene rings is 1. The molecule has 6 nitrogen and oxygen atoms in total. The molecule has 0 radical (unpaired) electrons. The van der Waals surface area contributed by atoms with Crippen molar-refractivity contribution in [1.29, 1.82) is 0 Å². The molecule has 118 valence electrons. The Morgan fingerprint density at radius 2 is 1.91 bits per heavy atom. The summed E-state index contributed by atoms with van der Waals surface area (Å²) in [5.41, 5.74) is 3.18. The molecule has 1 aromatic carbocycles. The molecule has 0 amide bonds. The lowest BCUT2D eigenvalue weighted by Gasteiger charge is -2.22. The quantitative estimate of drug-likeness (QED) is 0.805. The minimum atomic E-state index is 0.243. The molecule has 1 N–H and O–H groups in total. The van der Waals surface area contributed by atoms with Crippen molar-refractivity contribution in [2.24, 2.45) is 5.92 Å². The fraction of sp³-hybridized carbons (Fsp3) is 0.353. The van der Waals surface area contributed by atoms with Crippen molar-refractivity contribution in [2.75, 3.05) is 13.2 Å². The maximum Gasteiger partial charge on any atom is 0.197 e. The Bertz CT molecular complexity index is 807. The van der Waals surface area contributed by atoms with Crippen LogP contribution in [-0.4, -0.2) is 37.8 Å². The Balaban J connectivity index is 1.66. The van der Waals surface area contributed by atoms with Crippen LogP contribution in [-0.2, 0) is 11.3 Å². The van der Waals surface area contributed by atoms with Crippen LogP contribution in [0.4, 0.5) is 0 Å². The summed E-state index contributed by atoms with van der Waals surface area (Å²) in [6, 6.07) is 6.98. The zero-order valence-corrected chi connectivity index (χ0v) is 12.7. The van der Waals surface area contributed by atoms with E-state index < -0.39 is 0 Å². The average Bonchev–Trinajstić information content (AvgIpc) is 2.99. The number of fused-ring (bicyclic) bond motifs is 1. The standard InChI is InChI=1S/C17H18N4O2/c22-14-3-1-13(2-4-14)15-9-18-16-17(20-15)21(11-19-16)10-12-5-7-23-8-6-12/h1-4,9,11-12,22H,5-8,10H2. The van der Waals surface area contributed by atoms with Gasteiger partial charge in [0, 0.05) is 25.3 Å². The third kappa shape index (κ3) is 2.90. The van der Waals surface area contributed by atoms with Gasteiger partial charge in [-0.15, -0.1) is 0 Å². The van der Waals surface area contributed by atoms with Crippen LogP contribution in [0.25, 0.3) is 22.6 Å². The van der Waals surface area contributed by atoms with Crippen LogP contribution in [0, 0.1) is 5.92 Å². The highest BCUT2D eigenvalue weighted by Crippen LogP contribution is 2.23. The number of nitrogens with zero attached hydrogens (tertiary/aromatic N) is 4. The van der Waals surface area contributed by atoms with Crippen molar-refractivity contribution in [3.63, 3.8) is 0 Å². The predicted molar refractivity (Wildman–Crippen MR) is 86.0 cm³/mol. The molecule has 23 heavy (non-hydrogen) atoms. The molecule has 3 heterocycles. The minimum Gasteiger partial charge on any atom is -0.508 e. The van der Waals surface area contributed by atoms with Gasteiger partial charge in [0.2, 0.25) is 0 Å². The molecule has 1 aliphatic rings. The summed E-state index contributed by atoms with van der Waals surface area (Å²) < 4.78 is 7.51. The van der Waals surface area contributed by atoms with E-state index >= 15 is 0 Å². The Morgan fingerprint density at radius 1 is 1.13 bits per heavy atom. The lowest BCUT2D eigenvalue weighted by Crippen LogP contribution is -2.20. The van der Waals surface area contributed by atoms with Gasteiger partial charge in [-0.3, -0.25) is 0 Å². The molecule has 0 aliphatic carbocycles. The summed E-state index contributed by atoms with van der Waals surface area (Å²) in [5, 5.41) is 9.41. The molecule has 1 saturated heterocycles. The molecule has 0 spiro atoms. The van der Waals surface area contributed by atoms with Crippen LogP contribution >= 0.6 is 0 Å². The highest BCUT2D eigenvalue weighted by atomic mass is 16.5. The molecule has 4 rings (SSSR count). The van der Waals surface area contributed by atoms with Crippen molar-refractivity contribution in [3.8, 4) is 17.0 Å². The maximum atomic E-state index is 9.41. The van der Waals surface area contributed by atoms with Crippen molar-refractivity contribution in [3.05, 3.63) is 36.8 Å². The summed E-state index contributed by atoms with van der Waals surface area (Å²) >= 11 is 0. The fourth-order valence-electron chi connectivity index (χ4n) is 2.95. The van der Waals surface area contributed by atoms with E-state index in [-0.39, 0.29) is 5.75 Å². The molecular weight excluding hydrogens is 292 g/mol. The Labute approximate surface area is 133 Å². The monoisotopic (exact) mass is 310 g/mol. The second-order valence-corrected chi connectivity index (χ2v) is 5.90. The van der Waals surface area contributed by atoms with Crippen LogP contribution < -0.4 is 0 Å². The van der Waals surface area contributed by atoms with E-state index in [1.807, 2.05) is 18.5 Å². The number of aromatic hydroxyl groups is 1. The Morgan fingerprint density at radius 3 is 2.70 bits per heavy atom. The van der Waals surface area contributed by atoms with E-state index in [0.29, 0.717) is 11.6 Å². The summed E-state index contributed by atoms with van der Waals surface area (Å²) in [7, 11) is 0. The SMILES string of the molecule is Oc1ccc(-c2cnc3ncn(CC4CCOCC4)c3n2)cc1. The summed E-state index contributed by atoms with van der Waals surface area (Å²) in [6.07, 6.45) is 5.69. The molecule has 0 unspecified atom stereocenters. The second kappa shape index (κ2) is 5.96. The number of imidazole rings is 1. The first kappa shape index (κ1) is 14.1. The van der Waals surface area contributed by atoms with Crippen LogP contribution in [0.2, 0.25) is 0 Å². The van der Waals surface area contributed by atoms with Gasteiger partial charge in [-0.05, 0) is 43.0 Å². The topological polar surface area (TPSA) is 73.1 Å². The first-order valence-electron chi connectivity index (χ1n) is 7.84. The van der Waals surface area contributed by atoms with Crippen molar-refractivity contribution in [1.82, 2.24) is 19.5 Å². The first-order valence-corrected chi connectivity index (χ1v) is 7.84. The van der Waals surface area contributed by atoms with E-state index in [1.165, 1.54) is 0 Å². The third-order valence-corrected chi connectivity index (χ3v) is 4.29. The molecule has 0 saturated carbocycles. The minimum absolute atomic E-state index is 0.243. The smallest absolute Gasteiger partial charge is 0.197 e. The molecular formula is C17H18N4O2. The highest BCUT2D eigenvalue weighted by molar-refractivity contribution is 5.71. The molecule has 1 fully saturated rings. The van der Waals surface area contributed by atoms with Gasteiger partial charge in [-0.25, -0.2) is 15.0 Å². The normalized spacial score (nSPS) is 16.0. The highest BCUT2D eigenvalue weighted by Gasteiger charge is 2.16. The summed E-state index contributed by atoms with van der Waals surface area (Å²) in [5.74, 6) is 0.840. The summed E-state index contributed by atoms with van der Waals surface area (Å²) in [4.78, 5) is 13.5. The first-order chi connectivity index (χ1) is 11.3. The molecule has 0 bridgehead atoms. The van der Waals surface area contributed by atoms with Crippen LogP contribution in [0.5, 0.6) is 5.75 Å². The number of rotatable bonds is 3. The number of hydrogen-bond acceptors (Lipinski definition) is 5. The van der Waals surface area contributed by atoms with Crippen molar-refractivity contribution < 1.29 is 9.84 Å². The molecule has 0 atom stereocenters. The zero-order valence-electron chi connectivity index (χ0n) is 12.7. The van der Waals surface area contributed by atoms with Crippen molar-refractivity contribution >= 4 is 11.3 Å². The average molecular weight is 310 g/mol. The Kier molecular flexibility index (Phi) is 3.67. The van der Waals surface area contributed by atoms with Gasteiger partial charge in [0.15, 0.2) is 11.3 Å². The predicted octanol–water partition coefficient (Wildman–Crippen LogP) is 2.63. The van der Waals surface area contributed by atoms with Gasteiger partial charge < -0.3 is 14.4 Å². The van der Waals surface area contributed by atoms with Crippen molar-refractivity contribution in [2.45, 2.75) is 19.4 Å². The van der Waals surface area contributed by atoms with E-state index in [9.17, 15) is 5.11 Å². The van der Waals surface area contributed by atoms with Gasteiger partial charge in [-0.2, -0.15) is 0 Å². The lowest BCUT2D eigenvalue weighted by molar-refractivity contribution is 0.0615. The van der Waals surface area contributed by atoms with Crippen LogP contribution in [0.15, 0.2) is 36.8 Å². The maximum absolute atomic E-state index is 9.41. The number of aromatic nitrogens is 4. The largest absolute Gasteiger partial charge is 0.508 e. The van der Waals surface area contributed by atoms with E-state index in [2.05, 4.69) is 14.5 Å².